The summed E-state index contributed by atoms with van der Waals surface area (Å²) in [4.78, 5) is 22.7. The van der Waals surface area contributed by atoms with Gasteiger partial charge in [0, 0.05) is 11.7 Å². The van der Waals surface area contributed by atoms with Crippen molar-refractivity contribution in [2.24, 2.45) is 0 Å². The number of nitrogens with two attached hydrogens (primary N) is 1. The Morgan fingerprint density at radius 3 is 2.27 bits per heavy atom. The van der Waals surface area contributed by atoms with Crippen molar-refractivity contribution in [1.29, 1.82) is 0 Å². The molecule has 0 aliphatic rings. The van der Waals surface area contributed by atoms with E-state index >= 15 is 0 Å². The van der Waals surface area contributed by atoms with Gasteiger partial charge in [0.05, 0.1) is 11.0 Å². The Hall–Kier alpha value is -3.41. The van der Waals surface area contributed by atoms with Gasteiger partial charge < -0.3 is 11.1 Å². The lowest BCUT2D eigenvalue weighted by molar-refractivity contribution is 0.0941. The Morgan fingerprint density at radius 1 is 1.03 bits per heavy atom. The van der Waals surface area contributed by atoms with Crippen LogP contribution in [0.2, 0.25) is 0 Å². The van der Waals surface area contributed by atoms with E-state index in [1.165, 1.54) is 5.56 Å². The van der Waals surface area contributed by atoms with Crippen LogP contribution in [0.3, 0.4) is 0 Å². The van der Waals surface area contributed by atoms with Crippen LogP contribution < -0.4 is 11.1 Å². The van der Waals surface area contributed by atoms with Crippen molar-refractivity contribution in [2.45, 2.75) is 46.1 Å². The van der Waals surface area contributed by atoms with Gasteiger partial charge in [-0.2, -0.15) is 0 Å². The summed E-state index contributed by atoms with van der Waals surface area (Å²) in [5.74, 6) is 0.547. The molecule has 0 saturated heterocycles. The van der Waals surface area contributed by atoms with E-state index in [2.05, 4.69) is 31.3 Å². The highest BCUT2D eigenvalue weighted by Crippen LogP contribution is 2.31. The number of carbonyl (C=O) groups is 1. The van der Waals surface area contributed by atoms with Crippen molar-refractivity contribution in [3.8, 4) is 5.69 Å². The number of benzene rings is 2. The molecule has 3 N–H and O–H groups in total. The minimum atomic E-state index is -0.228. The summed E-state index contributed by atoms with van der Waals surface area (Å²) in [5, 5.41) is 3.02. The average molecular weight is 402 g/mol. The number of fused-ring (bicyclic) bond motifs is 2. The molecule has 30 heavy (non-hydrogen) atoms. The molecule has 4 aromatic rings. The van der Waals surface area contributed by atoms with Crippen molar-refractivity contribution < 1.29 is 4.79 Å². The van der Waals surface area contributed by atoms with Gasteiger partial charge in [-0.25, -0.2) is 9.97 Å². The number of rotatable bonds is 5. The minimum absolute atomic E-state index is 0.0361. The molecule has 0 bridgehead atoms. The molecule has 6 heteroatoms. The van der Waals surface area contributed by atoms with E-state index in [1.54, 1.807) is 0 Å². The second-order valence-corrected chi connectivity index (χ2v) is 8.01. The van der Waals surface area contributed by atoms with E-state index < -0.39 is 0 Å². The highest BCUT2D eigenvalue weighted by molar-refractivity contribution is 6.11. The van der Waals surface area contributed by atoms with Crippen LogP contribution in [0.5, 0.6) is 0 Å². The number of carbonyl (C=O) groups excluding carboxylic acids is 1. The van der Waals surface area contributed by atoms with Crippen LogP contribution in [0.15, 0.2) is 48.5 Å². The Morgan fingerprint density at radius 2 is 1.67 bits per heavy atom. The lowest BCUT2D eigenvalue weighted by atomic mass is 10.0. The first-order chi connectivity index (χ1) is 14.4. The van der Waals surface area contributed by atoms with E-state index in [1.807, 2.05) is 54.8 Å². The van der Waals surface area contributed by atoms with E-state index in [-0.39, 0.29) is 11.9 Å². The van der Waals surface area contributed by atoms with Crippen molar-refractivity contribution in [2.75, 3.05) is 5.73 Å². The molecule has 0 unspecified atom stereocenters. The fraction of sp³-hybridized carbons (Fsp3) is 0.292. The molecule has 1 amide bonds. The number of amides is 1. The van der Waals surface area contributed by atoms with Gasteiger partial charge >= 0.3 is 0 Å². The summed E-state index contributed by atoms with van der Waals surface area (Å²) < 4.78 is 1.82. The molecular formula is C24H27N5O. The molecule has 0 radical (unpaired) electrons. The van der Waals surface area contributed by atoms with Crippen LogP contribution in [-0.2, 0) is 0 Å². The van der Waals surface area contributed by atoms with Gasteiger partial charge in [0.15, 0.2) is 5.65 Å². The number of nitrogens with zero attached hydrogens (tertiary/aromatic N) is 3. The van der Waals surface area contributed by atoms with Gasteiger partial charge in [-0.15, -0.1) is 0 Å². The Bertz CT molecular complexity index is 1220. The number of hydrogen-bond acceptors (Lipinski definition) is 4. The highest BCUT2D eigenvalue weighted by atomic mass is 16.1. The zero-order valence-electron chi connectivity index (χ0n) is 17.8. The third kappa shape index (κ3) is 3.38. The van der Waals surface area contributed by atoms with Crippen molar-refractivity contribution in [3.63, 3.8) is 0 Å². The summed E-state index contributed by atoms with van der Waals surface area (Å²) in [7, 11) is 0. The Kier molecular flexibility index (Phi) is 5.16. The fourth-order valence-electron chi connectivity index (χ4n) is 3.55. The topological polar surface area (TPSA) is 85.8 Å². The van der Waals surface area contributed by atoms with Crippen LogP contribution in [-0.4, -0.2) is 26.5 Å². The van der Waals surface area contributed by atoms with Crippen LogP contribution in [0.25, 0.3) is 27.9 Å². The van der Waals surface area contributed by atoms with Gasteiger partial charge in [-0.05, 0) is 49.1 Å². The van der Waals surface area contributed by atoms with E-state index in [0.717, 1.165) is 23.1 Å². The van der Waals surface area contributed by atoms with E-state index in [0.29, 0.717) is 28.5 Å². The second-order valence-electron chi connectivity index (χ2n) is 8.01. The molecule has 0 saturated carbocycles. The summed E-state index contributed by atoms with van der Waals surface area (Å²) >= 11 is 0. The number of aromatic nitrogens is 3. The fourth-order valence-corrected chi connectivity index (χ4v) is 3.55. The number of nitrogen functional groups attached to an aromatic ring is 1. The molecule has 2 aromatic carbocycles. The predicted octanol–water partition coefficient (Wildman–Crippen LogP) is 4.81. The molecule has 154 valence electrons. The smallest absolute Gasteiger partial charge is 0.257 e. The van der Waals surface area contributed by atoms with Crippen LogP contribution >= 0.6 is 0 Å². The molecule has 2 aromatic heterocycles. The zero-order chi connectivity index (χ0) is 21.4. The Labute approximate surface area is 176 Å². The maximum atomic E-state index is 13.1. The number of nitrogens with one attached hydrogen (secondary N) is 1. The lowest BCUT2D eigenvalue weighted by Crippen LogP contribution is -2.32. The average Bonchev–Trinajstić information content (AvgIpc) is 3.02. The van der Waals surface area contributed by atoms with Gasteiger partial charge in [0.25, 0.3) is 5.91 Å². The first-order valence-corrected chi connectivity index (χ1v) is 10.4. The molecule has 4 rings (SSSR count). The van der Waals surface area contributed by atoms with Gasteiger partial charge in [0.2, 0.25) is 0 Å². The van der Waals surface area contributed by atoms with Crippen molar-refractivity contribution in [3.05, 3.63) is 59.7 Å². The Balaban J connectivity index is 1.98. The molecule has 0 aliphatic heterocycles. The van der Waals surface area contributed by atoms with Crippen molar-refractivity contribution >= 4 is 33.9 Å². The third-order valence-electron chi connectivity index (χ3n) is 5.53. The molecule has 0 aliphatic carbocycles. The second kappa shape index (κ2) is 7.78. The molecule has 0 spiro atoms. The van der Waals surface area contributed by atoms with Gasteiger partial charge in [0.1, 0.15) is 16.9 Å². The molecule has 1 atom stereocenters. The standard InChI is InChI=1S/C24H27N5O/c1-5-15(4)26-24(30)20-21-23(28-19-9-7-6-8-18(19)27-21)29(22(20)25)17-12-10-16(11-13-17)14(2)3/h6-15H,5,25H2,1-4H3,(H,26,30)/t15-/m1/s1. The quantitative estimate of drug-likeness (QED) is 0.503. The number of para-hydroxylation sites is 2. The maximum Gasteiger partial charge on any atom is 0.257 e. The van der Waals surface area contributed by atoms with Crippen LogP contribution in [0, 0.1) is 0 Å². The normalized spacial score (nSPS) is 12.6. The first-order valence-electron chi connectivity index (χ1n) is 10.4. The van der Waals surface area contributed by atoms with Gasteiger partial charge in [-0.3, -0.25) is 9.36 Å². The highest BCUT2D eigenvalue weighted by Gasteiger charge is 2.25. The summed E-state index contributed by atoms with van der Waals surface area (Å²) in [6.07, 6.45) is 0.829. The molecule has 2 heterocycles. The predicted molar refractivity (Wildman–Crippen MR) is 122 cm³/mol. The summed E-state index contributed by atoms with van der Waals surface area (Å²) in [6.45, 7) is 8.31. The summed E-state index contributed by atoms with van der Waals surface area (Å²) in [5.41, 5.74) is 11.6. The first kappa shape index (κ1) is 19.9. The zero-order valence-corrected chi connectivity index (χ0v) is 17.8. The monoisotopic (exact) mass is 401 g/mol. The summed E-state index contributed by atoms with van der Waals surface area (Å²) in [6, 6.07) is 15.9. The maximum absolute atomic E-state index is 13.1. The molecule has 0 fully saturated rings. The third-order valence-corrected chi connectivity index (χ3v) is 5.53. The van der Waals surface area contributed by atoms with E-state index in [9.17, 15) is 4.79 Å². The largest absolute Gasteiger partial charge is 0.384 e. The van der Waals surface area contributed by atoms with Crippen LogP contribution in [0.4, 0.5) is 5.82 Å². The van der Waals surface area contributed by atoms with E-state index in [4.69, 9.17) is 15.7 Å². The number of hydrogen-bond donors (Lipinski definition) is 2. The molecular weight excluding hydrogens is 374 g/mol. The van der Waals surface area contributed by atoms with Crippen molar-refractivity contribution in [1.82, 2.24) is 19.9 Å². The number of anilines is 1. The van der Waals surface area contributed by atoms with Crippen LogP contribution in [0.1, 0.15) is 56.0 Å². The SMILES string of the molecule is CC[C@@H](C)NC(=O)c1c(N)n(-c2ccc(C(C)C)cc2)c2nc3ccccc3nc12. The minimum Gasteiger partial charge on any atom is -0.384 e. The lowest BCUT2D eigenvalue weighted by Gasteiger charge is -2.12. The van der Waals surface area contributed by atoms with Gasteiger partial charge in [-0.1, -0.05) is 45.0 Å². The molecule has 6 nitrogen and oxygen atoms in total.